The van der Waals surface area contributed by atoms with Crippen LogP contribution in [0, 0.1) is 5.82 Å². The minimum absolute atomic E-state index is 0.0667. The molecule has 1 aromatic carbocycles. The molecule has 1 atom stereocenters. The normalized spacial score (nSPS) is 20.7. The zero-order chi connectivity index (χ0) is 17.9. The van der Waals surface area contributed by atoms with Crippen molar-refractivity contribution >= 4 is 5.91 Å². The molecule has 1 amide bonds. The summed E-state index contributed by atoms with van der Waals surface area (Å²) in [7, 11) is 0. The highest BCUT2D eigenvalue weighted by Gasteiger charge is 2.32. The molecule has 2 fully saturated rings. The number of benzene rings is 1. The Labute approximate surface area is 153 Å². The van der Waals surface area contributed by atoms with Gasteiger partial charge in [-0.3, -0.25) is 14.7 Å². The van der Waals surface area contributed by atoms with Crippen molar-refractivity contribution in [3.05, 3.63) is 65.2 Å². The number of rotatable bonds is 4. The van der Waals surface area contributed by atoms with Crippen molar-refractivity contribution in [3.8, 4) is 0 Å². The van der Waals surface area contributed by atoms with Crippen molar-refractivity contribution in [1.29, 1.82) is 0 Å². The van der Waals surface area contributed by atoms with Crippen LogP contribution in [0.2, 0.25) is 0 Å². The SMILES string of the molecule is O=C(c1ccccc1F)N1CCC[C@H]1c1ccc(CN2CCCC2)cn1. The predicted molar refractivity (Wildman–Crippen MR) is 98.2 cm³/mol. The lowest BCUT2D eigenvalue weighted by Gasteiger charge is -2.25. The second kappa shape index (κ2) is 7.54. The van der Waals surface area contributed by atoms with Crippen LogP contribution in [0.4, 0.5) is 4.39 Å². The molecule has 1 aromatic heterocycles. The van der Waals surface area contributed by atoms with Crippen LogP contribution >= 0.6 is 0 Å². The van der Waals surface area contributed by atoms with E-state index in [0.717, 1.165) is 38.2 Å². The van der Waals surface area contributed by atoms with Crippen LogP contribution in [-0.4, -0.2) is 40.3 Å². The van der Waals surface area contributed by atoms with Gasteiger partial charge in [-0.2, -0.15) is 0 Å². The highest BCUT2D eigenvalue weighted by Crippen LogP contribution is 2.32. The number of nitrogens with zero attached hydrogens (tertiary/aromatic N) is 3. The fourth-order valence-electron chi connectivity index (χ4n) is 4.03. The number of aromatic nitrogens is 1. The molecule has 0 spiro atoms. The van der Waals surface area contributed by atoms with Gasteiger partial charge in [0.25, 0.3) is 5.91 Å². The van der Waals surface area contributed by atoms with Crippen LogP contribution in [0.1, 0.15) is 53.3 Å². The van der Waals surface area contributed by atoms with Crippen LogP contribution in [0.5, 0.6) is 0 Å². The summed E-state index contributed by atoms with van der Waals surface area (Å²) in [6.07, 6.45) is 6.28. The summed E-state index contributed by atoms with van der Waals surface area (Å²) in [5, 5.41) is 0. The summed E-state index contributed by atoms with van der Waals surface area (Å²) >= 11 is 0. The molecular weight excluding hydrogens is 329 g/mol. The summed E-state index contributed by atoms with van der Waals surface area (Å²) in [6.45, 7) is 3.91. The van der Waals surface area contributed by atoms with Crippen molar-refractivity contribution in [1.82, 2.24) is 14.8 Å². The van der Waals surface area contributed by atoms with E-state index in [2.05, 4.69) is 16.0 Å². The topological polar surface area (TPSA) is 36.4 Å². The molecule has 2 aliphatic heterocycles. The fraction of sp³-hybridized carbons (Fsp3) is 0.429. The average molecular weight is 353 g/mol. The number of hydrogen-bond donors (Lipinski definition) is 0. The fourth-order valence-corrected chi connectivity index (χ4v) is 4.03. The summed E-state index contributed by atoms with van der Waals surface area (Å²) in [4.78, 5) is 21.6. The van der Waals surface area contributed by atoms with Gasteiger partial charge in [-0.1, -0.05) is 18.2 Å². The van der Waals surface area contributed by atoms with E-state index in [-0.39, 0.29) is 17.5 Å². The maximum absolute atomic E-state index is 14.0. The number of halogens is 1. The Morgan fingerprint density at radius 2 is 1.88 bits per heavy atom. The van der Waals surface area contributed by atoms with Crippen molar-refractivity contribution in [2.24, 2.45) is 0 Å². The third kappa shape index (κ3) is 3.49. The lowest BCUT2D eigenvalue weighted by molar-refractivity contribution is 0.0728. The Bertz CT molecular complexity index is 771. The van der Waals surface area contributed by atoms with E-state index >= 15 is 0 Å². The Morgan fingerprint density at radius 1 is 1.08 bits per heavy atom. The standard InChI is InChI=1S/C21H24FN3O/c22-18-7-2-1-6-17(18)21(26)25-13-5-8-20(25)19-10-9-16(14-23-19)15-24-11-3-4-12-24/h1-2,6-7,9-10,14,20H,3-5,8,11-13,15H2/t20-/m0/s1. The molecule has 5 heteroatoms. The van der Waals surface area contributed by atoms with Gasteiger partial charge in [-0.15, -0.1) is 0 Å². The first-order valence-electron chi connectivity index (χ1n) is 9.45. The molecule has 3 heterocycles. The maximum Gasteiger partial charge on any atom is 0.257 e. The van der Waals surface area contributed by atoms with Gasteiger partial charge in [-0.05, 0) is 62.5 Å². The minimum atomic E-state index is -0.461. The lowest BCUT2D eigenvalue weighted by atomic mass is 10.1. The first-order chi connectivity index (χ1) is 12.7. The predicted octanol–water partition coefficient (Wildman–Crippen LogP) is 3.79. The van der Waals surface area contributed by atoms with Gasteiger partial charge < -0.3 is 4.90 Å². The third-order valence-electron chi connectivity index (χ3n) is 5.41. The highest BCUT2D eigenvalue weighted by molar-refractivity contribution is 5.94. The number of pyridine rings is 1. The van der Waals surface area contributed by atoms with Crippen LogP contribution < -0.4 is 0 Å². The molecule has 2 saturated heterocycles. The average Bonchev–Trinajstić information content (AvgIpc) is 3.34. The van der Waals surface area contributed by atoms with Gasteiger partial charge in [0, 0.05) is 19.3 Å². The summed E-state index contributed by atoms with van der Waals surface area (Å²) < 4.78 is 14.0. The quantitative estimate of drug-likeness (QED) is 0.839. The number of hydrogen-bond acceptors (Lipinski definition) is 3. The van der Waals surface area contributed by atoms with E-state index in [1.807, 2.05) is 12.3 Å². The Morgan fingerprint density at radius 3 is 2.62 bits per heavy atom. The minimum Gasteiger partial charge on any atom is -0.330 e. The molecule has 4 rings (SSSR count). The molecule has 0 unspecified atom stereocenters. The molecule has 26 heavy (non-hydrogen) atoms. The second-order valence-electron chi connectivity index (χ2n) is 7.21. The first kappa shape index (κ1) is 17.2. The van der Waals surface area contributed by atoms with Crippen LogP contribution in [-0.2, 0) is 6.54 Å². The molecule has 0 saturated carbocycles. The Hall–Kier alpha value is -2.27. The molecule has 136 valence electrons. The first-order valence-corrected chi connectivity index (χ1v) is 9.45. The zero-order valence-electron chi connectivity index (χ0n) is 14.9. The zero-order valence-corrected chi connectivity index (χ0v) is 14.9. The van der Waals surface area contributed by atoms with E-state index in [4.69, 9.17) is 0 Å². The van der Waals surface area contributed by atoms with Gasteiger partial charge in [0.05, 0.1) is 17.3 Å². The summed E-state index contributed by atoms with van der Waals surface area (Å²) in [5.41, 5.74) is 2.25. The van der Waals surface area contributed by atoms with Gasteiger partial charge >= 0.3 is 0 Å². The molecule has 4 nitrogen and oxygen atoms in total. The van der Waals surface area contributed by atoms with E-state index < -0.39 is 5.82 Å². The highest BCUT2D eigenvalue weighted by atomic mass is 19.1. The molecule has 0 aliphatic carbocycles. The summed E-state index contributed by atoms with van der Waals surface area (Å²) in [6, 6.07) is 10.3. The van der Waals surface area contributed by atoms with Gasteiger partial charge in [0.2, 0.25) is 0 Å². The molecule has 0 bridgehead atoms. The van der Waals surface area contributed by atoms with Crippen LogP contribution in [0.15, 0.2) is 42.6 Å². The van der Waals surface area contributed by atoms with E-state index in [0.29, 0.717) is 6.54 Å². The van der Waals surface area contributed by atoms with Crippen molar-refractivity contribution in [2.75, 3.05) is 19.6 Å². The third-order valence-corrected chi connectivity index (χ3v) is 5.41. The van der Waals surface area contributed by atoms with Gasteiger partial charge in [0.15, 0.2) is 0 Å². The number of carbonyl (C=O) groups excluding carboxylic acids is 1. The lowest BCUT2D eigenvalue weighted by Crippen LogP contribution is -2.31. The van der Waals surface area contributed by atoms with Crippen molar-refractivity contribution in [3.63, 3.8) is 0 Å². The van der Waals surface area contributed by atoms with Crippen LogP contribution in [0.3, 0.4) is 0 Å². The van der Waals surface area contributed by atoms with E-state index in [1.54, 1.807) is 23.1 Å². The Balaban J connectivity index is 1.49. The molecule has 2 aromatic rings. The summed E-state index contributed by atoms with van der Waals surface area (Å²) in [5.74, 6) is -0.703. The molecular formula is C21H24FN3O. The maximum atomic E-state index is 14.0. The van der Waals surface area contributed by atoms with Crippen molar-refractivity contribution < 1.29 is 9.18 Å². The molecule has 0 N–H and O–H groups in total. The second-order valence-corrected chi connectivity index (χ2v) is 7.21. The van der Waals surface area contributed by atoms with E-state index in [1.165, 1.54) is 24.5 Å². The number of likely N-dealkylation sites (tertiary alicyclic amines) is 2. The smallest absolute Gasteiger partial charge is 0.257 e. The van der Waals surface area contributed by atoms with Gasteiger partial charge in [0.1, 0.15) is 5.82 Å². The molecule has 2 aliphatic rings. The number of carbonyl (C=O) groups is 1. The van der Waals surface area contributed by atoms with Gasteiger partial charge in [-0.25, -0.2) is 4.39 Å². The largest absolute Gasteiger partial charge is 0.330 e. The molecule has 0 radical (unpaired) electrons. The van der Waals surface area contributed by atoms with Crippen molar-refractivity contribution in [2.45, 2.75) is 38.3 Å². The monoisotopic (exact) mass is 353 g/mol. The van der Waals surface area contributed by atoms with E-state index in [9.17, 15) is 9.18 Å². The Kier molecular flexibility index (Phi) is 4.98. The number of amides is 1. The van der Waals surface area contributed by atoms with Crippen LogP contribution in [0.25, 0.3) is 0 Å².